The Morgan fingerprint density at radius 1 is 1.32 bits per heavy atom. The summed E-state index contributed by atoms with van der Waals surface area (Å²) >= 11 is 0. The third-order valence-electron chi connectivity index (χ3n) is 4.26. The Balaban J connectivity index is 1.32. The molecule has 1 atom stereocenters. The van der Waals surface area contributed by atoms with Crippen LogP contribution < -0.4 is 10.2 Å². The minimum Gasteiger partial charge on any atom is -0.354 e. The Kier molecular flexibility index (Phi) is 3.72. The van der Waals surface area contributed by atoms with E-state index in [4.69, 9.17) is 4.52 Å². The zero-order valence-corrected chi connectivity index (χ0v) is 12.5. The number of nitrogens with zero attached hydrogens (tertiary/aromatic N) is 5. The predicted molar refractivity (Wildman–Crippen MR) is 80.4 cm³/mol. The third kappa shape index (κ3) is 3.09. The lowest BCUT2D eigenvalue weighted by molar-refractivity contribution is 0.366. The minimum absolute atomic E-state index is 0.415. The molecule has 4 rings (SSSR count). The molecule has 1 aliphatic carbocycles. The second kappa shape index (κ2) is 6.00. The van der Waals surface area contributed by atoms with Gasteiger partial charge in [-0.15, -0.1) is 5.10 Å². The summed E-state index contributed by atoms with van der Waals surface area (Å²) in [7, 11) is 0. The van der Waals surface area contributed by atoms with Gasteiger partial charge in [0.2, 0.25) is 5.89 Å². The highest BCUT2D eigenvalue weighted by atomic mass is 16.5. The summed E-state index contributed by atoms with van der Waals surface area (Å²) in [6.45, 7) is 2.63. The smallest absolute Gasteiger partial charge is 0.229 e. The second-order valence-electron chi connectivity index (χ2n) is 6.07. The average Bonchev–Trinajstić information content (AvgIpc) is 3.33. The van der Waals surface area contributed by atoms with Crippen LogP contribution in [-0.2, 0) is 6.54 Å². The van der Waals surface area contributed by atoms with Gasteiger partial charge in [-0.1, -0.05) is 5.16 Å². The maximum absolute atomic E-state index is 5.29. The van der Waals surface area contributed by atoms with Crippen LogP contribution >= 0.6 is 0 Å². The first-order valence-electron chi connectivity index (χ1n) is 7.97. The maximum Gasteiger partial charge on any atom is 0.229 e. The van der Waals surface area contributed by atoms with Crippen LogP contribution in [0.2, 0.25) is 0 Å². The Labute approximate surface area is 129 Å². The van der Waals surface area contributed by atoms with Crippen molar-refractivity contribution in [3.05, 3.63) is 30.0 Å². The molecule has 2 fully saturated rings. The van der Waals surface area contributed by atoms with E-state index in [1.165, 1.54) is 12.8 Å². The molecule has 0 spiro atoms. The van der Waals surface area contributed by atoms with Gasteiger partial charge in [0, 0.05) is 31.2 Å². The molecule has 0 amide bonds. The molecular weight excluding hydrogens is 280 g/mol. The summed E-state index contributed by atoms with van der Waals surface area (Å²) < 4.78 is 5.29. The summed E-state index contributed by atoms with van der Waals surface area (Å²) in [5.41, 5.74) is 0. The van der Waals surface area contributed by atoms with E-state index in [1.807, 2.05) is 12.1 Å². The van der Waals surface area contributed by atoms with E-state index in [0.717, 1.165) is 43.5 Å². The van der Waals surface area contributed by atoms with Crippen molar-refractivity contribution in [3.63, 3.8) is 0 Å². The zero-order valence-electron chi connectivity index (χ0n) is 12.5. The highest BCUT2D eigenvalue weighted by molar-refractivity contribution is 5.37. The zero-order chi connectivity index (χ0) is 14.8. The topological polar surface area (TPSA) is 80.0 Å². The molecule has 1 saturated heterocycles. The molecule has 1 N–H and O–H groups in total. The molecule has 2 aliphatic rings. The molecule has 3 heterocycles. The SMILES string of the molecule is c1cnnc(N2CCC[C@@H](NCc3noc(C4CC4)n3)C2)c1. The molecule has 116 valence electrons. The van der Waals surface area contributed by atoms with Gasteiger partial charge < -0.3 is 14.7 Å². The Morgan fingerprint density at radius 3 is 3.09 bits per heavy atom. The Bertz CT molecular complexity index is 612. The van der Waals surface area contributed by atoms with Crippen molar-refractivity contribution >= 4 is 5.82 Å². The quantitative estimate of drug-likeness (QED) is 0.896. The van der Waals surface area contributed by atoms with E-state index in [1.54, 1.807) is 6.20 Å². The van der Waals surface area contributed by atoms with E-state index < -0.39 is 0 Å². The first-order valence-corrected chi connectivity index (χ1v) is 7.97. The van der Waals surface area contributed by atoms with Crippen LogP contribution in [-0.4, -0.2) is 39.5 Å². The fourth-order valence-electron chi connectivity index (χ4n) is 2.88. The van der Waals surface area contributed by atoms with Crippen LogP contribution in [0.5, 0.6) is 0 Å². The van der Waals surface area contributed by atoms with Gasteiger partial charge in [-0.3, -0.25) is 0 Å². The highest BCUT2D eigenvalue weighted by Crippen LogP contribution is 2.38. The summed E-state index contributed by atoms with van der Waals surface area (Å²) in [5.74, 6) is 3.04. The van der Waals surface area contributed by atoms with Crippen LogP contribution in [0.3, 0.4) is 0 Å². The molecule has 2 aromatic rings. The highest BCUT2D eigenvalue weighted by Gasteiger charge is 2.29. The van der Waals surface area contributed by atoms with Crippen LogP contribution in [0.1, 0.15) is 43.3 Å². The molecule has 1 saturated carbocycles. The standard InChI is InChI=1S/C15H20N6O/c1-4-14(19-17-7-1)21-8-2-3-12(10-21)16-9-13-18-15(22-20-13)11-5-6-11/h1,4,7,11-12,16H,2-3,5-6,8-10H2/t12-/m1/s1. The van der Waals surface area contributed by atoms with Gasteiger partial charge in [0.1, 0.15) is 0 Å². The lowest BCUT2D eigenvalue weighted by atomic mass is 10.1. The molecule has 0 bridgehead atoms. The van der Waals surface area contributed by atoms with Gasteiger partial charge in [0.05, 0.1) is 6.54 Å². The monoisotopic (exact) mass is 300 g/mol. The largest absolute Gasteiger partial charge is 0.354 e. The molecule has 2 aromatic heterocycles. The first kappa shape index (κ1) is 13.6. The van der Waals surface area contributed by atoms with Crippen LogP contribution in [0.25, 0.3) is 0 Å². The van der Waals surface area contributed by atoms with Crippen LogP contribution in [0, 0.1) is 0 Å². The Morgan fingerprint density at radius 2 is 2.27 bits per heavy atom. The van der Waals surface area contributed by atoms with Gasteiger partial charge in [-0.05, 0) is 37.8 Å². The lowest BCUT2D eigenvalue weighted by Crippen LogP contribution is -2.46. The summed E-state index contributed by atoms with van der Waals surface area (Å²) in [5, 5.41) is 15.7. The van der Waals surface area contributed by atoms with Crippen molar-refractivity contribution in [2.24, 2.45) is 0 Å². The fourth-order valence-corrected chi connectivity index (χ4v) is 2.88. The molecule has 22 heavy (non-hydrogen) atoms. The molecule has 0 radical (unpaired) electrons. The molecule has 0 aromatic carbocycles. The van der Waals surface area contributed by atoms with Crippen LogP contribution in [0.4, 0.5) is 5.82 Å². The van der Waals surface area contributed by atoms with E-state index in [0.29, 0.717) is 18.5 Å². The first-order chi connectivity index (χ1) is 10.9. The predicted octanol–water partition coefficient (Wildman–Crippen LogP) is 1.50. The van der Waals surface area contributed by atoms with Crippen LogP contribution in [0.15, 0.2) is 22.9 Å². The summed E-state index contributed by atoms with van der Waals surface area (Å²) in [6.07, 6.45) is 6.38. The van der Waals surface area contributed by atoms with Crippen molar-refractivity contribution in [3.8, 4) is 0 Å². The second-order valence-corrected chi connectivity index (χ2v) is 6.07. The molecule has 7 heteroatoms. The molecule has 1 aliphatic heterocycles. The van der Waals surface area contributed by atoms with Crippen molar-refractivity contribution in [2.45, 2.75) is 44.2 Å². The number of piperidine rings is 1. The van der Waals surface area contributed by atoms with Crippen molar-refractivity contribution in [2.75, 3.05) is 18.0 Å². The van der Waals surface area contributed by atoms with Gasteiger partial charge in [-0.2, -0.15) is 10.1 Å². The summed E-state index contributed by atoms with van der Waals surface area (Å²) in [6, 6.07) is 4.35. The molecule has 0 unspecified atom stereocenters. The summed E-state index contributed by atoms with van der Waals surface area (Å²) in [4.78, 5) is 6.74. The fraction of sp³-hybridized carbons (Fsp3) is 0.600. The lowest BCUT2D eigenvalue weighted by Gasteiger charge is -2.33. The third-order valence-corrected chi connectivity index (χ3v) is 4.26. The van der Waals surface area contributed by atoms with E-state index in [-0.39, 0.29) is 0 Å². The minimum atomic E-state index is 0.415. The van der Waals surface area contributed by atoms with Crippen molar-refractivity contribution in [1.82, 2.24) is 25.7 Å². The van der Waals surface area contributed by atoms with E-state index in [9.17, 15) is 0 Å². The van der Waals surface area contributed by atoms with Gasteiger partial charge in [-0.25, -0.2) is 0 Å². The van der Waals surface area contributed by atoms with E-state index in [2.05, 4.69) is 30.6 Å². The normalized spacial score (nSPS) is 22.0. The van der Waals surface area contributed by atoms with Gasteiger partial charge in [0.15, 0.2) is 11.6 Å². The average molecular weight is 300 g/mol. The van der Waals surface area contributed by atoms with E-state index >= 15 is 0 Å². The number of nitrogens with one attached hydrogen (secondary N) is 1. The molecule has 7 nitrogen and oxygen atoms in total. The van der Waals surface area contributed by atoms with Crippen molar-refractivity contribution < 1.29 is 4.52 Å². The maximum atomic E-state index is 5.29. The number of anilines is 1. The van der Waals surface area contributed by atoms with Crippen molar-refractivity contribution in [1.29, 1.82) is 0 Å². The van der Waals surface area contributed by atoms with Gasteiger partial charge >= 0.3 is 0 Å². The number of hydrogen-bond acceptors (Lipinski definition) is 7. The number of hydrogen-bond donors (Lipinski definition) is 1. The molecular formula is C15H20N6O. The van der Waals surface area contributed by atoms with Gasteiger partial charge in [0.25, 0.3) is 0 Å². The number of rotatable bonds is 5. The number of aromatic nitrogens is 4. The Hall–Kier alpha value is -2.02.